The number of nitrogens with two attached hydrogens (primary N) is 1. The van der Waals surface area contributed by atoms with Gasteiger partial charge in [0.05, 0.1) is 29.0 Å². The van der Waals surface area contributed by atoms with E-state index in [9.17, 15) is 0 Å². The molecule has 1 aromatic heterocycles. The molecule has 2 aromatic rings. The molecule has 0 saturated heterocycles. The maximum Gasteiger partial charge on any atom is 0.0943 e. The first-order valence-corrected chi connectivity index (χ1v) is 6.42. The Bertz CT molecular complexity index is 545. The number of hydrogen-bond donors (Lipinski definition) is 2. The van der Waals surface area contributed by atoms with Gasteiger partial charge in [-0.1, -0.05) is 30.3 Å². The largest absolute Gasteiger partial charge is 0.367 e. The van der Waals surface area contributed by atoms with Crippen molar-refractivity contribution in [2.24, 2.45) is 10.7 Å². The Morgan fingerprint density at radius 1 is 1.24 bits per heavy atom. The zero-order valence-corrected chi connectivity index (χ0v) is 10.1. The monoisotopic (exact) mass is 243 g/mol. The molecule has 17 heavy (non-hydrogen) atoms. The van der Waals surface area contributed by atoms with Crippen LogP contribution in [0, 0.1) is 0 Å². The molecule has 0 fully saturated rings. The predicted molar refractivity (Wildman–Crippen MR) is 72.9 cm³/mol. The van der Waals surface area contributed by atoms with Crippen LogP contribution in [0.3, 0.4) is 0 Å². The number of thiophene rings is 1. The van der Waals surface area contributed by atoms with Gasteiger partial charge in [0.1, 0.15) is 0 Å². The predicted octanol–water partition coefficient (Wildman–Crippen LogP) is 2.30. The molecule has 1 atom stereocenters. The highest BCUT2D eigenvalue weighted by atomic mass is 32.1. The second-order valence-corrected chi connectivity index (χ2v) is 4.89. The van der Waals surface area contributed by atoms with E-state index in [0.29, 0.717) is 6.54 Å². The van der Waals surface area contributed by atoms with Crippen LogP contribution in [0.2, 0.25) is 0 Å². The first-order valence-electron chi connectivity index (χ1n) is 5.54. The molecule has 1 aromatic carbocycles. The minimum atomic E-state index is -0.107. The molecule has 0 spiro atoms. The molecule has 0 amide bonds. The number of rotatable bonds is 1. The van der Waals surface area contributed by atoms with Gasteiger partial charge in [0.15, 0.2) is 0 Å². The Morgan fingerprint density at radius 3 is 2.88 bits per heavy atom. The van der Waals surface area contributed by atoms with Crippen LogP contribution < -0.4 is 11.1 Å². The second-order valence-electron chi connectivity index (χ2n) is 3.97. The number of aliphatic imine (C=N–C) groups is 1. The highest BCUT2D eigenvalue weighted by molar-refractivity contribution is 7.13. The van der Waals surface area contributed by atoms with E-state index >= 15 is 0 Å². The van der Waals surface area contributed by atoms with Crippen LogP contribution in [0.25, 0.3) is 0 Å². The molecule has 0 bridgehead atoms. The summed E-state index contributed by atoms with van der Waals surface area (Å²) in [5.74, 6) is 0. The van der Waals surface area contributed by atoms with Crippen molar-refractivity contribution in [1.29, 1.82) is 0 Å². The highest BCUT2D eigenvalue weighted by Crippen LogP contribution is 2.28. The summed E-state index contributed by atoms with van der Waals surface area (Å²) in [7, 11) is 0. The number of nitrogens with one attached hydrogen (secondary N) is 1. The quantitative estimate of drug-likeness (QED) is 0.807. The third-order valence-electron chi connectivity index (χ3n) is 2.71. The maximum absolute atomic E-state index is 5.94. The summed E-state index contributed by atoms with van der Waals surface area (Å²) in [5, 5.41) is 5.34. The molecule has 1 aliphatic heterocycles. The van der Waals surface area contributed by atoms with Crippen molar-refractivity contribution in [3.05, 3.63) is 52.2 Å². The second kappa shape index (κ2) is 4.31. The minimum Gasteiger partial charge on any atom is -0.367 e. The van der Waals surface area contributed by atoms with E-state index in [1.807, 2.05) is 18.2 Å². The third-order valence-corrected chi connectivity index (χ3v) is 3.64. The molecule has 2 heterocycles. The molecule has 0 saturated carbocycles. The van der Waals surface area contributed by atoms with Crippen LogP contribution in [0.5, 0.6) is 0 Å². The standard InChI is InChI=1S/C13H13N3S/c14-11-8-15-12(9-4-2-1-3-5-9)13-10(16-11)6-7-17-13/h1-7,11,16H,8,14H2. The van der Waals surface area contributed by atoms with Crippen molar-refractivity contribution in [3.63, 3.8) is 0 Å². The molecule has 0 aliphatic carbocycles. The summed E-state index contributed by atoms with van der Waals surface area (Å²) < 4.78 is 0. The van der Waals surface area contributed by atoms with Crippen LogP contribution in [0.4, 0.5) is 5.69 Å². The molecule has 3 N–H and O–H groups in total. The molecule has 0 radical (unpaired) electrons. The van der Waals surface area contributed by atoms with Crippen molar-refractivity contribution < 1.29 is 0 Å². The van der Waals surface area contributed by atoms with Crippen LogP contribution in [0.15, 0.2) is 46.8 Å². The lowest BCUT2D eigenvalue weighted by Gasteiger charge is -2.08. The van der Waals surface area contributed by atoms with Gasteiger partial charge in [-0.3, -0.25) is 4.99 Å². The lowest BCUT2D eigenvalue weighted by molar-refractivity contribution is 0.775. The maximum atomic E-state index is 5.94. The smallest absolute Gasteiger partial charge is 0.0943 e. The van der Waals surface area contributed by atoms with Crippen molar-refractivity contribution in [3.8, 4) is 0 Å². The number of benzene rings is 1. The average Bonchev–Trinajstić information content (AvgIpc) is 2.73. The molecule has 3 rings (SSSR count). The summed E-state index contributed by atoms with van der Waals surface area (Å²) in [4.78, 5) is 5.80. The van der Waals surface area contributed by atoms with Gasteiger partial charge in [0.2, 0.25) is 0 Å². The van der Waals surface area contributed by atoms with E-state index in [1.165, 1.54) is 4.88 Å². The number of fused-ring (bicyclic) bond motifs is 1. The van der Waals surface area contributed by atoms with E-state index < -0.39 is 0 Å². The van der Waals surface area contributed by atoms with E-state index in [0.717, 1.165) is 17.0 Å². The Balaban J connectivity index is 2.11. The summed E-state index contributed by atoms with van der Waals surface area (Å²) in [6, 6.07) is 12.3. The first-order chi connectivity index (χ1) is 8.34. The van der Waals surface area contributed by atoms with Crippen LogP contribution in [-0.2, 0) is 0 Å². The van der Waals surface area contributed by atoms with Crippen molar-refractivity contribution in [2.75, 3.05) is 11.9 Å². The highest BCUT2D eigenvalue weighted by Gasteiger charge is 2.18. The summed E-state index contributed by atoms with van der Waals surface area (Å²) in [6.45, 7) is 0.603. The Hall–Kier alpha value is -1.65. The Kier molecular flexibility index (Phi) is 2.66. The van der Waals surface area contributed by atoms with Gasteiger partial charge in [0, 0.05) is 5.56 Å². The van der Waals surface area contributed by atoms with Gasteiger partial charge >= 0.3 is 0 Å². The number of nitrogens with zero attached hydrogens (tertiary/aromatic N) is 1. The molecule has 1 unspecified atom stereocenters. The van der Waals surface area contributed by atoms with Gasteiger partial charge in [0.25, 0.3) is 0 Å². The molecular weight excluding hydrogens is 230 g/mol. The number of hydrogen-bond acceptors (Lipinski definition) is 4. The van der Waals surface area contributed by atoms with Crippen LogP contribution in [-0.4, -0.2) is 18.4 Å². The van der Waals surface area contributed by atoms with Gasteiger partial charge < -0.3 is 11.1 Å². The SMILES string of the molecule is NC1CN=C(c2ccccc2)c2sccc2N1. The van der Waals surface area contributed by atoms with E-state index in [-0.39, 0.29) is 6.17 Å². The first kappa shape index (κ1) is 10.5. The van der Waals surface area contributed by atoms with Crippen molar-refractivity contribution >= 4 is 22.7 Å². The van der Waals surface area contributed by atoms with Gasteiger partial charge in [-0.2, -0.15) is 0 Å². The zero-order chi connectivity index (χ0) is 11.7. The zero-order valence-electron chi connectivity index (χ0n) is 9.26. The number of anilines is 1. The van der Waals surface area contributed by atoms with E-state index in [2.05, 4.69) is 33.9 Å². The van der Waals surface area contributed by atoms with Crippen molar-refractivity contribution in [1.82, 2.24) is 0 Å². The van der Waals surface area contributed by atoms with Crippen LogP contribution >= 0.6 is 11.3 Å². The Labute approximate surface area is 104 Å². The fourth-order valence-electron chi connectivity index (χ4n) is 1.93. The fourth-order valence-corrected chi connectivity index (χ4v) is 2.82. The minimum absolute atomic E-state index is 0.107. The van der Waals surface area contributed by atoms with E-state index in [4.69, 9.17) is 5.73 Å². The molecular formula is C13H13N3S. The summed E-state index contributed by atoms with van der Waals surface area (Å²) in [5.41, 5.74) is 9.20. The summed E-state index contributed by atoms with van der Waals surface area (Å²) in [6.07, 6.45) is -0.107. The summed E-state index contributed by atoms with van der Waals surface area (Å²) >= 11 is 1.69. The Morgan fingerprint density at radius 2 is 2.06 bits per heavy atom. The van der Waals surface area contributed by atoms with E-state index in [1.54, 1.807) is 11.3 Å². The average molecular weight is 243 g/mol. The lowest BCUT2D eigenvalue weighted by atomic mass is 10.1. The fraction of sp³-hybridized carbons (Fsp3) is 0.154. The normalized spacial score (nSPS) is 18.9. The third kappa shape index (κ3) is 1.97. The van der Waals surface area contributed by atoms with Gasteiger partial charge in [-0.05, 0) is 11.4 Å². The molecule has 3 nitrogen and oxygen atoms in total. The topological polar surface area (TPSA) is 50.4 Å². The molecule has 1 aliphatic rings. The molecule has 86 valence electrons. The lowest BCUT2D eigenvalue weighted by Crippen LogP contribution is -2.31. The van der Waals surface area contributed by atoms with Gasteiger partial charge in [-0.15, -0.1) is 11.3 Å². The molecule has 4 heteroatoms. The van der Waals surface area contributed by atoms with Gasteiger partial charge in [-0.25, -0.2) is 0 Å². The van der Waals surface area contributed by atoms with Crippen LogP contribution in [0.1, 0.15) is 10.4 Å². The van der Waals surface area contributed by atoms with Crippen molar-refractivity contribution in [2.45, 2.75) is 6.17 Å².